The Labute approximate surface area is 123 Å². The van der Waals surface area contributed by atoms with E-state index in [4.69, 9.17) is 0 Å². The molecule has 0 amide bonds. The van der Waals surface area contributed by atoms with Crippen molar-refractivity contribution in [1.29, 1.82) is 0 Å². The number of nitrogens with zero attached hydrogens (tertiary/aromatic N) is 2. The number of thiol groups is 1. The van der Waals surface area contributed by atoms with Gasteiger partial charge in [-0.05, 0) is 42.7 Å². The summed E-state index contributed by atoms with van der Waals surface area (Å²) in [6.07, 6.45) is 0. The molecule has 1 atom stereocenters. The van der Waals surface area contributed by atoms with Crippen molar-refractivity contribution in [2.24, 2.45) is 5.92 Å². The number of rotatable bonds is 4. The fourth-order valence-corrected chi connectivity index (χ4v) is 2.86. The summed E-state index contributed by atoms with van der Waals surface area (Å²) >= 11 is 4.38. The third-order valence-corrected chi connectivity index (χ3v) is 4.79. The van der Waals surface area contributed by atoms with Crippen LogP contribution in [0.1, 0.15) is 18.1 Å². The van der Waals surface area contributed by atoms with E-state index in [-0.39, 0.29) is 0 Å². The molecule has 106 valence electrons. The van der Waals surface area contributed by atoms with Crippen LogP contribution in [0.15, 0.2) is 18.2 Å². The highest BCUT2D eigenvalue weighted by atomic mass is 32.1. The van der Waals surface area contributed by atoms with Crippen LogP contribution in [0.5, 0.6) is 0 Å². The lowest BCUT2D eigenvalue weighted by atomic mass is 10.1. The molecular weight excluding hydrogens is 252 g/mol. The molecule has 1 unspecified atom stereocenters. The molecule has 1 aromatic rings. The minimum Gasteiger partial charge on any atom is -0.369 e. The zero-order valence-electron chi connectivity index (χ0n) is 12.4. The molecule has 0 N–H and O–H groups in total. The van der Waals surface area contributed by atoms with Gasteiger partial charge in [0.25, 0.3) is 0 Å². The average Bonchev–Trinajstić information content (AvgIpc) is 2.43. The predicted octanol–water partition coefficient (Wildman–Crippen LogP) is 2.99. The number of aryl methyl sites for hydroxylation is 1. The maximum Gasteiger partial charge on any atom is 0.0399 e. The van der Waals surface area contributed by atoms with Gasteiger partial charge in [-0.3, -0.25) is 4.90 Å². The van der Waals surface area contributed by atoms with Gasteiger partial charge in [-0.2, -0.15) is 12.6 Å². The molecule has 2 nitrogen and oxygen atoms in total. The molecule has 1 aromatic carbocycles. The van der Waals surface area contributed by atoms with Crippen LogP contribution in [0, 0.1) is 19.8 Å². The lowest BCUT2D eigenvalue weighted by Gasteiger charge is -2.37. The Balaban J connectivity index is 1.94. The smallest absolute Gasteiger partial charge is 0.0399 e. The molecule has 1 aliphatic rings. The van der Waals surface area contributed by atoms with Crippen LogP contribution in [0.25, 0.3) is 0 Å². The minimum atomic E-state index is 0.690. The second kappa shape index (κ2) is 6.67. The van der Waals surface area contributed by atoms with Gasteiger partial charge in [0, 0.05) is 38.4 Å². The first kappa shape index (κ1) is 14.7. The maximum atomic E-state index is 4.38. The van der Waals surface area contributed by atoms with Crippen LogP contribution in [0.3, 0.4) is 0 Å². The van der Waals surface area contributed by atoms with Crippen LogP contribution >= 0.6 is 12.6 Å². The zero-order chi connectivity index (χ0) is 13.8. The Morgan fingerprint density at radius 3 is 2.47 bits per heavy atom. The molecule has 3 heteroatoms. The summed E-state index contributed by atoms with van der Waals surface area (Å²) < 4.78 is 0. The van der Waals surface area contributed by atoms with E-state index in [0.717, 1.165) is 18.8 Å². The molecule has 0 saturated carbocycles. The lowest BCUT2D eigenvalue weighted by molar-refractivity contribution is 0.233. The lowest BCUT2D eigenvalue weighted by Crippen LogP contribution is -2.48. The summed E-state index contributed by atoms with van der Waals surface area (Å²) in [5, 5.41) is 0. The molecule has 19 heavy (non-hydrogen) atoms. The van der Waals surface area contributed by atoms with Crippen LogP contribution < -0.4 is 4.90 Å². The number of hydrogen-bond acceptors (Lipinski definition) is 3. The largest absolute Gasteiger partial charge is 0.369 e. The molecule has 2 rings (SSSR count). The van der Waals surface area contributed by atoms with E-state index in [1.165, 1.54) is 36.4 Å². The molecule has 0 aliphatic carbocycles. The van der Waals surface area contributed by atoms with E-state index in [2.05, 4.69) is 61.4 Å². The first-order valence-corrected chi connectivity index (χ1v) is 7.89. The van der Waals surface area contributed by atoms with Crippen molar-refractivity contribution in [2.45, 2.75) is 20.8 Å². The van der Waals surface area contributed by atoms with E-state index in [1.807, 2.05) is 0 Å². The first-order chi connectivity index (χ1) is 9.11. The molecule has 0 aromatic heterocycles. The van der Waals surface area contributed by atoms with Gasteiger partial charge >= 0.3 is 0 Å². The van der Waals surface area contributed by atoms with Crippen molar-refractivity contribution in [2.75, 3.05) is 43.4 Å². The zero-order valence-corrected chi connectivity index (χ0v) is 13.3. The molecule has 1 heterocycles. The Kier molecular flexibility index (Phi) is 5.17. The van der Waals surface area contributed by atoms with Gasteiger partial charge < -0.3 is 4.90 Å². The van der Waals surface area contributed by atoms with Gasteiger partial charge in [0.2, 0.25) is 0 Å². The summed E-state index contributed by atoms with van der Waals surface area (Å²) in [6.45, 7) is 12.5. The van der Waals surface area contributed by atoms with E-state index in [9.17, 15) is 0 Å². The fourth-order valence-electron chi connectivity index (χ4n) is 2.75. The third-order valence-electron chi connectivity index (χ3n) is 4.17. The van der Waals surface area contributed by atoms with Crippen molar-refractivity contribution in [3.63, 3.8) is 0 Å². The standard InChI is InChI=1S/C16H26N2S/c1-13(12-19)11-17-7-9-18(10-8-17)16-6-4-5-14(2)15(16)3/h4-6,13,19H,7-12H2,1-3H3. The molecule has 0 radical (unpaired) electrons. The number of benzene rings is 1. The van der Waals surface area contributed by atoms with E-state index >= 15 is 0 Å². The summed E-state index contributed by atoms with van der Waals surface area (Å²) in [5.74, 6) is 1.67. The Bertz CT molecular complexity index is 411. The van der Waals surface area contributed by atoms with Crippen molar-refractivity contribution < 1.29 is 0 Å². The summed E-state index contributed by atoms with van der Waals surface area (Å²) in [7, 11) is 0. The van der Waals surface area contributed by atoms with Crippen molar-refractivity contribution in [3.05, 3.63) is 29.3 Å². The molecule has 1 saturated heterocycles. The van der Waals surface area contributed by atoms with Gasteiger partial charge in [-0.15, -0.1) is 0 Å². The quantitative estimate of drug-likeness (QED) is 0.846. The first-order valence-electron chi connectivity index (χ1n) is 7.26. The molecule has 0 bridgehead atoms. The topological polar surface area (TPSA) is 6.48 Å². The predicted molar refractivity (Wildman–Crippen MR) is 87.6 cm³/mol. The molecule has 0 spiro atoms. The highest BCUT2D eigenvalue weighted by molar-refractivity contribution is 7.80. The highest BCUT2D eigenvalue weighted by Gasteiger charge is 2.19. The fraction of sp³-hybridized carbons (Fsp3) is 0.625. The van der Waals surface area contributed by atoms with E-state index in [0.29, 0.717) is 5.92 Å². The Hall–Kier alpha value is -0.670. The second-order valence-corrected chi connectivity index (χ2v) is 6.16. The van der Waals surface area contributed by atoms with Crippen LogP contribution in [-0.2, 0) is 0 Å². The average molecular weight is 278 g/mol. The monoisotopic (exact) mass is 278 g/mol. The van der Waals surface area contributed by atoms with Crippen LogP contribution in [0.2, 0.25) is 0 Å². The van der Waals surface area contributed by atoms with Crippen molar-refractivity contribution in [1.82, 2.24) is 4.90 Å². The summed E-state index contributed by atoms with van der Waals surface area (Å²) in [5.41, 5.74) is 4.24. The van der Waals surface area contributed by atoms with Gasteiger partial charge in [0.15, 0.2) is 0 Å². The maximum absolute atomic E-state index is 4.38. The van der Waals surface area contributed by atoms with Crippen molar-refractivity contribution >= 4 is 18.3 Å². The third kappa shape index (κ3) is 3.67. The SMILES string of the molecule is Cc1cccc(N2CCN(CC(C)CS)CC2)c1C. The van der Waals surface area contributed by atoms with Crippen molar-refractivity contribution in [3.8, 4) is 0 Å². The highest BCUT2D eigenvalue weighted by Crippen LogP contribution is 2.24. The van der Waals surface area contributed by atoms with Gasteiger partial charge in [-0.25, -0.2) is 0 Å². The van der Waals surface area contributed by atoms with E-state index < -0.39 is 0 Å². The summed E-state index contributed by atoms with van der Waals surface area (Å²) in [4.78, 5) is 5.10. The Morgan fingerprint density at radius 1 is 1.16 bits per heavy atom. The molecule has 1 fully saturated rings. The molecule has 1 aliphatic heterocycles. The number of hydrogen-bond donors (Lipinski definition) is 1. The number of piperazine rings is 1. The minimum absolute atomic E-state index is 0.690. The van der Waals surface area contributed by atoms with Gasteiger partial charge in [0.05, 0.1) is 0 Å². The second-order valence-electron chi connectivity index (χ2n) is 5.79. The van der Waals surface area contributed by atoms with Crippen LogP contribution in [0.4, 0.5) is 5.69 Å². The van der Waals surface area contributed by atoms with Gasteiger partial charge in [-0.1, -0.05) is 19.1 Å². The normalized spacial score (nSPS) is 18.6. The summed E-state index contributed by atoms with van der Waals surface area (Å²) in [6, 6.07) is 6.63. The van der Waals surface area contributed by atoms with Gasteiger partial charge in [0.1, 0.15) is 0 Å². The van der Waals surface area contributed by atoms with Crippen LogP contribution in [-0.4, -0.2) is 43.4 Å². The Morgan fingerprint density at radius 2 is 1.84 bits per heavy atom. The van der Waals surface area contributed by atoms with E-state index in [1.54, 1.807) is 0 Å². The molecular formula is C16H26N2S. The number of anilines is 1.